The second-order valence-electron chi connectivity index (χ2n) is 5.49. The van der Waals surface area contributed by atoms with Gasteiger partial charge in [0.2, 0.25) is 0 Å². The molecule has 19 heavy (non-hydrogen) atoms. The number of aryl methyl sites for hydroxylation is 1. The summed E-state index contributed by atoms with van der Waals surface area (Å²) in [7, 11) is 0. The summed E-state index contributed by atoms with van der Waals surface area (Å²) in [6, 6.07) is 0.222. The van der Waals surface area contributed by atoms with Gasteiger partial charge in [0, 0.05) is 6.20 Å². The minimum atomic E-state index is -1.06. The monoisotopic (exact) mass is 265 g/mol. The maximum absolute atomic E-state index is 11.8. The maximum Gasteiger partial charge on any atom is 0.326 e. The third-order valence-corrected chi connectivity index (χ3v) is 2.52. The Bertz CT molecular complexity index is 480. The lowest BCUT2D eigenvalue weighted by molar-refractivity contribution is -0.141. The minimum Gasteiger partial charge on any atom is -0.480 e. The number of anilines is 1. The van der Waals surface area contributed by atoms with Gasteiger partial charge in [-0.2, -0.15) is 0 Å². The Balaban J connectivity index is 2.71. The predicted molar refractivity (Wildman–Crippen MR) is 72.0 cm³/mol. The van der Waals surface area contributed by atoms with E-state index in [2.05, 4.69) is 15.6 Å². The Hall–Kier alpha value is -2.11. The van der Waals surface area contributed by atoms with Crippen molar-refractivity contribution in [3.05, 3.63) is 24.0 Å². The van der Waals surface area contributed by atoms with Crippen molar-refractivity contribution >= 4 is 17.7 Å². The molecule has 0 fully saturated rings. The van der Waals surface area contributed by atoms with Crippen molar-refractivity contribution in [1.29, 1.82) is 0 Å². The zero-order chi connectivity index (χ0) is 14.6. The highest BCUT2D eigenvalue weighted by Gasteiger charge is 2.32. The number of hydrogen-bond acceptors (Lipinski definition) is 3. The summed E-state index contributed by atoms with van der Waals surface area (Å²) in [6.07, 6.45) is 3.16. The van der Waals surface area contributed by atoms with Crippen molar-refractivity contribution in [1.82, 2.24) is 10.3 Å². The molecule has 2 amide bonds. The number of carboxylic acid groups (broad SMARTS) is 1. The maximum atomic E-state index is 11.8. The van der Waals surface area contributed by atoms with E-state index in [0.29, 0.717) is 5.69 Å². The Morgan fingerprint density at radius 3 is 2.42 bits per heavy atom. The van der Waals surface area contributed by atoms with Gasteiger partial charge in [-0.3, -0.25) is 4.98 Å². The van der Waals surface area contributed by atoms with Crippen LogP contribution < -0.4 is 10.6 Å². The van der Waals surface area contributed by atoms with E-state index in [-0.39, 0.29) is 0 Å². The third kappa shape index (κ3) is 4.57. The van der Waals surface area contributed by atoms with Crippen molar-refractivity contribution < 1.29 is 14.7 Å². The molecule has 1 rings (SSSR count). The van der Waals surface area contributed by atoms with Crippen molar-refractivity contribution in [3.63, 3.8) is 0 Å². The number of carboxylic acids is 1. The smallest absolute Gasteiger partial charge is 0.326 e. The summed E-state index contributed by atoms with van der Waals surface area (Å²) in [5.41, 5.74) is 0.854. The summed E-state index contributed by atoms with van der Waals surface area (Å²) in [4.78, 5) is 26.8. The molecule has 104 valence electrons. The Labute approximate surface area is 112 Å². The first-order valence-corrected chi connectivity index (χ1v) is 5.92. The quantitative estimate of drug-likeness (QED) is 0.779. The van der Waals surface area contributed by atoms with E-state index in [9.17, 15) is 9.59 Å². The molecule has 0 saturated heterocycles. The molecular formula is C13H19N3O3. The van der Waals surface area contributed by atoms with Gasteiger partial charge in [-0.05, 0) is 24.0 Å². The first kappa shape index (κ1) is 14.9. The number of carbonyl (C=O) groups excluding carboxylic acids is 1. The molecule has 1 heterocycles. The van der Waals surface area contributed by atoms with E-state index < -0.39 is 23.5 Å². The summed E-state index contributed by atoms with van der Waals surface area (Å²) >= 11 is 0. The number of urea groups is 1. The highest BCUT2D eigenvalue weighted by Crippen LogP contribution is 2.19. The Kier molecular flexibility index (Phi) is 4.47. The van der Waals surface area contributed by atoms with Crippen LogP contribution in [0, 0.1) is 12.3 Å². The highest BCUT2D eigenvalue weighted by atomic mass is 16.4. The number of aliphatic carboxylic acids is 1. The standard InChI is InChI=1S/C13H19N3O3/c1-8-5-9(7-14-6-8)15-12(19)16-10(11(17)18)13(2,3)4/h5-7,10H,1-4H3,(H,17,18)(H2,15,16,19)/t10-/m1/s1. The second kappa shape index (κ2) is 5.69. The average molecular weight is 265 g/mol. The zero-order valence-corrected chi connectivity index (χ0v) is 11.5. The number of hydrogen-bond donors (Lipinski definition) is 3. The van der Waals surface area contributed by atoms with Crippen molar-refractivity contribution in [2.45, 2.75) is 33.7 Å². The van der Waals surface area contributed by atoms with Crippen LogP contribution in [0.2, 0.25) is 0 Å². The Morgan fingerprint density at radius 2 is 1.95 bits per heavy atom. The fraction of sp³-hybridized carbons (Fsp3) is 0.462. The molecule has 0 aliphatic heterocycles. The lowest BCUT2D eigenvalue weighted by atomic mass is 9.87. The van der Waals surface area contributed by atoms with Crippen LogP contribution in [0.3, 0.4) is 0 Å². The Morgan fingerprint density at radius 1 is 1.32 bits per heavy atom. The van der Waals surface area contributed by atoms with Gasteiger partial charge in [0.25, 0.3) is 0 Å². The molecule has 1 atom stereocenters. The molecule has 0 spiro atoms. The number of carbonyl (C=O) groups is 2. The predicted octanol–water partition coefficient (Wildman–Crippen LogP) is 2.01. The van der Waals surface area contributed by atoms with Gasteiger partial charge in [0.05, 0.1) is 11.9 Å². The van der Waals surface area contributed by atoms with Crippen LogP contribution in [0.5, 0.6) is 0 Å². The lowest BCUT2D eigenvalue weighted by Crippen LogP contribution is -2.50. The SMILES string of the molecule is Cc1cncc(NC(=O)N[C@H](C(=O)O)C(C)(C)C)c1. The molecule has 0 aliphatic rings. The van der Waals surface area contributed by atoms with Gasteiger partial charge in [0.1, 0.15) is 6.04 Å². The van der Waals surface area contributed by atoms with Gasteiger partial charge >= 0.3 is 12.0 Å². The zero-order valence-electron chi connectivity index (χ0n) is 11.5. The molecule has 1 aromatic rings. The fourth-order valence-corrected chi connectivity index (χ4v) is 1.57. The topological polar surface area (TPSA) is 91.3 Å². The molecule has 0 unspecified atom stereocenters. The van der Waals surface area contributed by atoms with E-state index in [1.807, 2.05) is 6.92 Å². The molecule has 1 aromatic heterocycles. The molecule has 0 aromatic carbocycles. The summed E-state index contributed by atoms with van der Waals surface area (Å²) in [6.45, 7) is 7.10. The van der Waals surface area contributed by atoms with Crippen LogP contribution in [-0.4, -0.2) is 28.1 Å². The number of aromatic nitrogens is 1. The molecule has 0 bridgehead atoms. The summed E-state index contributed by atoms with van der Waals surface area (Å²) in [5.74, 6) is -1.06. The number of pyridine rings is 1. The molecule has 6 nitrogen and oxygen atoms in total. The van der Waals surface area contributed by atoms with Crippen LogP contribution in [-0.2, 0) is 4.79 Å². The van der Waals surface area contributed by atoms with Gasteiger partial charge in [-0.25, -0.2) is 9.59 Å². The highest BCUT2D eigenvalue weighted by molar-refractivity contribution is 5.92. The fourth-order valence-electron chi connectivity index (χ4n) is 1.57. The van der Waals surface area contributed by atoms with Gasteiger partial charge in [-0.1, -0.05) is 20.8 Å². The first-order chi connectivity index (χ1) is 8.70. The van der Waals surface area contributed by atoms with E-state index in [4.69, 9.17) is 5.11 Å². The van der Waals surface area contributed by atoms with Crippen molar-refractivity contribution in [2.24, 2.45) is 5.41 Å². The van der Waals surface area contributed by atoms with Crippen LogP contribution in [0.1, 0.15) is 26.3 Å². The normalized spacial score (nSPS) is 12.6. The van der Waals surface area contributed by atoms with Crippen LogP contribution in [0.25, 0.3) is 0 Å². The van der Waals surface area contributed by atoms with Gasteiger partial charge in [0.15, 0.2) is 0 Å². The molecule has 3 N–H and O–H groups in total. The van der Waals surface area contributed by atoms with Crippen LogP contribution in [0.15, 0.2) is 18.5 Å². The van der Waals surface area contributed by atoms with E-state index in [1.165, 1.54) is 6.20 Å². The summed E-state index contributed by atoms with van der Waals surface area (Å²) in [5, 5.41) is 14.1. The van der Waals surface area contributed by atoms with Gasteiger partial charge < -0.3 is 15.7 Å². The lowest BCUT2D eigenvalue weighted by Gasteiger charge is -2.27. The van der Waals surface area contributed by atoms with Gasteiger partial charge in [-0.15, -0.1) is 0 Å². The molecule has 0 saturated carbocycles. The number of rotatable bonds is 3. The van der Waals surface area contributed by atoms with Crippen LogP contribution in [0.4, 0.5) is 10.5 Å². The van der Waals surface area contributed by atoms with Crippen LogP contribution >= 0.6 is 0 Å². The molecule has 0 aliphatic carbocycles. The number of amides is 2. The molecule has 6 heteroatoms. The summed E-state index contributed by atoms with van der Waals surface area (Å²) < 4.78 is 0. The number of nitrogens with zero attached hydrogens (tertiary/aromatic N) is 1. The first-order valence-electron chi connectivity index (χ1n) is 5.92. The van der Waals surface area contributed by atoms with Crippen molar-refractivity contribution in [3.8, 4) is 0 Å². The minimum absolute atomic E-state index is 0.524. The van der Waals surface area contributed by atoms with Crippen molar-refractivity contribution in [2.75, 3.05) is 5.32 Å². The molecule has 0 radical (unpaired) electrons. The average Bonchev–Trinajstić information content (AvgIpc) is 2.24. The van der Waals surface area contributed by atoms with E-state index >= 15 is 0 Å². The largest absolute Gasteiger partial charge is 0.480 e. The molecular weight excluding hydrogens is 246 g/mol. The third-order valence-electron chi connectivity index (χ3n) is 2.52. The number of nitrogens with one attached hydrogen (secondary N) is 2. The second-order valence-corrected chi connectivity index (χ2v) is 5.49. The van der Waals surface area contributed by atoms with E-state index in [1.54, 1.807) is 33.0 Å². The van der Waals surface area contributed by atoms with E-state index in [0.717, 1.165) is 5.56 Å².